The molecule has 1 aromatic carbocycles. The van der Waals surface area contributed by atoms with Gasteiger partial charge in [0.05, 0.1) is 10.1 Å². The van der Waals surface area contributed by atoms with Gasteiger partial charge in [0.1, 0.15) is 6.33 Å². The van der Waals surface area contributed by atoms with Crippen molar-refractivity contribution < 1.29 is 13.2 Å². The van der Waals surface area contributed by atoms with E-state index in [1.54, 1.807) is 47.6 Å². The molecule has 0 aliphatic carbocycles. The zero-order valence-electron chi connectivity index (χ0n) is 15.6. The molecule has 1 aliphatic rings. The summed E-state index contributed by atoms with van der Waals surface area (Å²) in [7, 11) is -3.53. The number of nitrogens with zero attached hydrogens (tertiary/aromatic N) is 5. The highest BCUT2D eigenvalue weighted by atomic mass is 32.2. The predicted molar refractivity (Wildman–Crippen MR) is 107 cm³/mol. The number of benzene rings is 1. The quantitative estimate of drug-likeness (QED) is 0.497. The Morgan fingerprint density at radius 1 is 1.25 bits per heavy atom. The van der Waals surface area contributed by atoms with Gasteiger partial charge in [-0.15, -0.1) is 16.8 Å². The third-order valence-corrected chi connectivity index (χ3v) is 7.46. The molecule has 0 unspecified atom stereocenters. The molecule has 1 saturated heterocycles. The van der Waals surface area contributed by atoms with Crippen LogP contribution in [0, 0.1) is 0 Å². The molecule has 0 spiro atoms. The minimum absolute atomic E-state index is 0.0325. The van der Waals surface area contributed by atoms with Crippen LogP contribution < -0.4 is 0 Å². The van der Waals surface area contributed by atoms with Crippen molar-refractivity contribution in [1.29, 1.82) is 0 Å². The Bertz CT molecular complexity index is 922. The summed E-state index contributed by atoms with van der Waals surface area (Å²) in [6, 6.07) is 8.37. The molecular weight excluding hydrogens is 398 g/mol. The standard InChI is InChI=1S/C18H23N5O3S2/c1-3-9-22-14-19-20-18(22)27-15(2)17(24)21-10-12-23(13-11-21)28(25,26)16-7-5-4-6-8-16/h3-8,14-15H,1,9-13H2,2H3/t15-/m0/s1. The molecular formula is C18H23N5O3S2. The molecule has 1 atom stereocenters. The van der Waals surface area contributed by atoms with E-state index in [0.29, 0.717) is 24.8 Å². The molecule has 10 heteroatoms. The van der Waals surface area contributed by atoms with Crippen LogP contribution in [0.15, 0.2) is 59.4 Å². The molecule has 1 amide bonds. The third-order valence-electron chi connectivity index (χ3n) is 4.47. The first-order valence-electron chi connectivity index (χ1n) is 8.93. The number of piperazine rings is 1. The summed E-state index contributed by atoms with van der Waals surface area (Å²) >= 11 is 1.34. The number of rotatable bonds is 7. The number of sulfonamides is 1. The smallest absolute Gasteiger partial charge is 0.243 e. The van der Waals surface area contributed by atoms with Crippen LogP contribution in [0.5, 0.6) is 0 Å². The fourth-order valence-electron chi connectivity index (χ4n) is 2.96. The maximum atomic E-state index is 12.8. The number of amides is 1. The highest BCUT2D eigenvalue weighted by Crippen LogP contribution is 2.24. The zero-order chi connectivity index (χ0) is 20.1. The van der Waals surface area contributed by atoms with Gasteiger partial charge in [-0.25, -0.2) is 8.42 Å². The minimum Gasteiger partial charge on any atom is -0.339 e. The van der Waals surface area contributed by atoms with Gasteiger partial charge >= 0.3 is 0 Å². The monoisotopic (exact) mass is 421 g/mol. The fourth-order valence-corrected chi connectivity index (χ4v) is 5.32. The SMILES string of the molecule is C=CCn1cnnc1S[C@@H](C)C(=O)N1CCN(S(=O)(=O)c2ccccc2)CC1. The van der Waals surface area contributed by atoms with Crippen LogP contribution >= 0.6 is 11.8 Å². The average molecular weight is 422 g/mol. The van der Waals surface area contributed by atoms with E-state index in [1.807, 2.05) is 11.5 Å². The van der Waals surface area contributed by atoms with Crippen molar-refractivity contribution in [3.05, 3.63) is 49.3 Å². The van der Waals surface area contributed by atoms with Crippen LogP contribution in [0.1, 0.15) is 6.92 Å². The van der Waals surface area contributed by atoms with Gasteiger partial charge in [-0.1, -0.05) is 36.0 Å². The molecule has 0 radical (unpaired) electrons. The number of aromatic nitrogens is 3. The lowest BCUT2D eigenvalue weighted by Crippen LogP contribution is -2.52. The van der Waals surface area contributed by atoms with Crippen molar-refractivity contribution in [2.45, 2.75) is 28.8 Å². The zero-order valence-corrected chi connectivity index (χ0v) is 17.3. The van der Waals surface area contributed by atoms with Crippen molar-refractivity contribution in [3.63, 3.8) is 0 Å². The Morgan fingerprint density at radius 2 is 1.93 bits per heavy atom. The van der Waals surface area contributed by atoms with Crippen LogP contribution in [0.4, 0.5) is 0 Å². The van der Waals surface area contributed by atoms with E-state index >= 15 is 0 Å². The highest BCUT2D eigenvalue weighted by Gasteiger charge is 2.32. The van der Waals surface area contributed by atoms with E-state index in [-0.39, 0.29) is 29.1 Å². The van der Waals surface area contributed by atoms with Gasteiger partial charge in [0.2, 0.25) is 15.9 Å². The van der Waals surface area contributed by atoms with E-state index < -0.39 is 10.0 Å². The first-order valence-corrected chi connectivity index (χ1v) is 11.2. The van der Waals surface area contributed by atoms with Crippen LogP contribution in [-0.4, -0.2) is 69.7 Å². The third kappa shape index (κ3) is 4.45. The second-order valence-corrected chi connectivity index (χ2v) is 9.60. The summed E-state index contributed by atoms with van der Waals surface area (Å²) in [5, 5.41) is 8.24. The summed E-state index contributed by atoms with van der Waals surface area (Å²) in [5.74, 6) is -0.0325. The summed E-state index contributed by atoms with van der Waals surface area (Å²) < 4.78 is 28.7. The molecule has 0 N–H and O–H groups in total. The van der Waals surface area contributed by atoms with E-state index in [0.717, 1.165) is 0 Å². The highest BCUT2D eigenvalue weighted by molar-refractivity contribution is 8.00. The number of allylic oxidation sites excluding steroid dienone is 1. The fraction of sp³-hybridized carbons (Fsp3) is 0.389. The molecule has 2 aromatic rings. The van der Waals surface area contributed by atoms with Crippen molar-refractivity contribution in [1.82, 2.24) is 24.0 Å². The second-order valence-electron chi connectivity index (χ2n) is 6.36. The Kier molecular flexibility index (Phi) is 6.53. The maximum absolute atomic E-state index is 12.8. The summed E-state index contributed by atoms with van der Waals surface area (Å²) in [5.41, 5.74) is 0. The molecule has 8 nitrogen and oxygen atoms in total. The van der Waals surface area contributed by atoms with E-state index in [2.05, 4.69) is 16.8 Å². The second kappa shape index (κ2) is 8.89. The lowest BCUT2D eigenvalue weighted by molar-refractivity contribution is -0.131. The Morgan fingerprint density at radius 3 is 2.57 bits per heavy atom. The number of carbonyl (C=O) groups is 1. The molecule has 2 heterocycles. The van der Waals surface area contributed by atoms with E-state index in [4.69, 9.17) is 0 Å². The Hall–Kier alpha value is -2.17. The van der Waals surface area contributed by atoms with Gasteiger partial charge in [0, 0.05) is 32.7 Å². The van der Waals surface area contributed by atoms with Crippen molar-refractivity contribution in [2.24, 2.45) is 0 Å². The van der Waals surface area contributed by atoms with Gasteiger partial charge < -0.3 is 9.47 Å². The lowest BCUT2D eigenvalue weighted by Gasteiger charge is -2.35. The Balaban J connectivity index is 1.59. The average Bonchev–Trinajstić information content (AvgIpc) is 3.15. The summed E-state index contributed by atoms with van der Waals surface area (Å²) in [6.07, 6.45) is 3.35. The van der Waals surface area contributed by atoms with Crippen molar-refractivity contribution in [3.8, 4) is 0 Å². The normalized spacial score (nSPS) is 16.7. The van der Waals surface area contributed by atoms with Gasteiger partial charge in [0.25, 0.3) is 0 Å². The molecule has 0 bridgehead atoms. The van der Waals surface area contributed by atoms with E-state index in [1.165, 1.54) is 16.1 Å². The molecule has 150 valence electrons. The molecule has 0 saturated carbocycles. The van der Waals surface area contributed by atoms with Crippen LogP contribution in [0.25, 0.3) is 0 Å². The number of carbonyl (C=O) groups excluding carboxylic acids is 1. The Labute approximate surface area is 169 Å². The molecule has 3 rings (SSSR count). The van der Waals surface area contributed by atoms with Gasteiger partial charge in [-0.05, 0) is 19.1 Å². The van der Waals surface area contributed by atoms with Crippen molar-refractivity contribution >= 4 is 27.7 Å². The van der Waals surface area contributed by atoms with Gasteiger partial charge in [-0.3, -0.25) is 4.79 Å². The minimum atomic E-state index is -3.53. The van der Waals surface area contributed by atoms with Crippen LogP contribution in [0.3, 0.4) is 0 Å². The summed E-state index contributed by atoms with van der Waals surface area (Å²) in [6.45, 7) is 7.41. The van der Waals surface area contributed by atoms with Crippen LogP contribution in [-0.2, 0) is 21.4 Å². The molecule has 28 heavy (non-hydrogen) atoms. The molecule has 1 aliphatic heterocycles. The molecule has 1 aromatic heterocycles. The first kappa shape index (κ1) is 20.6. The summed E-state index contributed by atoms with van der Waals surface area (Å²) in [4.78, 5) is 14.8. The van der Waals surface area contributed by atoms with E-state index in [9.17, 15) is 13.2 Å². The molecule has 1 fully saturated rings. The van der Waals surface area contributed by atoms with Gasteiger partial charge in [-0.2, -0.15) is 4.31 Å². The first-order chi connectivity index (χ1) is 13.4. The van der Waals surface area contributed by atoms with Gasteiger partial charge in [0.15, 0.2) is 5.16 Å². The largest absolute Gasteiger partial charge is 0.339 e. The number of hydrogen-bond acceptors (Lipinski definition) is 6. The van der Waals surface area contributed by atoms with Crippen LogP contribution in [0.2, 0.25) is 0 Å². The predicted octanol–water partition coefficient (Wildman–Crippen LogP) is 1.48. The lowest BCUT2D eigenvalue weighted by atomic mass is 10.3. The number of hydrogen-bond donors (Lipinski definition) is 0. The number of thioether (sulfide) groups is 1. The topological polar surface area (TPSA) is 88.4 Å². The van der Waals surface area contributed by atoms with Crippen molar-refractivity contribution in [2.75, 3.05) is 26.2 Å². The maximum Gasteiger partial charge on any atom is 0.243 e.